The minimum atomic E-state index is -0.925. The third kappa shape index (κ3) is 1.60. The maximum atomic E-state index is 11.1. The highest BCUT2D eigenvalue weighted by molar-refractivity contribution is 5.92. The van der Waals surface area contributed by atoms with Crippen LogP contribution in [0.25, 0.3) is 11.2 Å². The molecule has 3 rings (SSSR count). The Morgan fingerprint density at radius 1 is 1.39 bits per heavy atom. The Morgan fingerprint density at radius 3 is 2.78 bits per heavy atom. The Balaban J connectivity index is 2.07. The summed E-state index contributed by atoms with van der Waals surface area (Å²) in [6.45, 7) is 0. The van der Waals surface area contributed by atoms with Gasteiger partial charge >= 0.3 is 5.97 Å². The second-order valence-corrected chi connectivity index (χ2v) is 4.93. The van der Waals surface area contributed by atoms with Crippen molar-refractivity contribution >= 4 is 17.1 Å². The Kier molecular flexibility index (Phi) is 2.57. The van der Waals surface area contributed by atoms with E-state index in [1.165, 1.54) is 19.3 Å². The summed E-state index contributed by atoms with van der Waals surface area (Å²) in [7, 11) is 1.71. The van der Waals surface area contributed by atoms with Gasteiger partial charge in [0.05, 0.1) is 6.04 Å². The van der Waals surface area contributed by atoms with Gasteiger partial charge in [-0.15, -0.1) is 5.10 Å². The van der Waals surface area contributed by atoms with E-state index < -0.39 is 5.97 Å². The van der Waals surface area contributed by atoms with Crippen LogP contribution >= 0.6 is 0 Å². The number of carbonyl (C=O) groups is 1. The lowest BCUT2D eigenvalue weighted by Gasteiger charge is -2.21. The van der Waals surface area contributed by atoms with E-state index in [-0.39, 0.29) is 5.69 Å². The fraction of sp³-hybridized carbons (Fsp3) is 0.583. The third-order valence-corrected chi connectivity index (χ3v) is 3.80. The molecule has 0 unspecified atom stereocenters. The maximum Gasteiger partial charge on any atom is 0.352 e. The molecule has 2 aromatic rings. The zero-order valence-electron chi connectivity index (χ0n) is 10.3. The number of aromatic carboxylic acids is 1. The van der Waals surface area contributed by atoms with Crippen molar-refractivity contribution in [2.45, 2.75) is 38.1 Å². The molecular weight excluding hydrogens is 232 g/mol. The lowest BCUT2D eigenvalue weighted by Crippen LogP contribution is -2.14. The Hall–Kier alpha value is -1.85. The fourth-order valence-electron chi connectivity index (χ4n) is 2.80. The molecule has 6 heteroatoms. The van der Waals surface area contributed by atoms with E-state index in [1.807, 2.05) is 4.68 Å². The van der Waals surface area contributed by atoms with Crippen LogP contribution in [0.5, 0.6) is 0 Å². The second-order valence-electron chi connectivity index (χ2n) is 4.93. The first-order valence-corrected chi connectivity index (χ1v) is 6.32. The van der Waals surface area contributed by atoms with Gasteiger partial charge < -0.3 is 9.67 Å². The molecule has 96 valence electrons. The Labute approximate surface area is 104 Å². The minimum Gasteiger partial charge on any atom is -0.477 e. The van der Waals surface area contributed by atoms with Crippen LogP contribution in [0.4, 0.5) is 0 Å². The van der Waals surface area contributed by atoms with Crippen LogP contribution in [0.1, 0.15) is 48.6 Å². The monoisotopic (exact) mass is 248 g/mol. The molecule has 0 amide bonds. The molecule has 0 saturated heterocycles. The van der Waals surface area contributed by atoms with E-state index in [0.29, 0.717) is 11.7 Å². The summed E-state index contributed by atoms with van der Waals surface area (Å²) in [4.78, 5) is 11.1. The molecule has 1 aliphatic rings. The number of nitrogens with zero attached hydrogens (tertiary/aromatic N) is 4. The van der Waals surface area contributed by atoms with Crippen molar-refractivity contribution in [1.29, 1.82) is 0 Å². The molecule has 2 aromatic heterocycles. The first-order valence-electron chi connectivity index (χ1n) is 6.32. The van der Waals surface area contributed by atoms with E-state index in [9.17, 15) is 4.79 Å². The van der Waals surface area contributed by atoms with Crippen molar-refractivity contribution in [3.8, 4) is 0 Å². The van der Waals surface area contributed by atoms with E-state index in [0.717, 1.165) is 18.4 Å². The van der Waals surface area contributed by atoms with Crippen molar-refractivity contribution in [3.63, 3.8) is 0 Å². The van der Waals surface area contributed by atoms with Crippen LogP contribution in [0.15, 0.2) is 6.07 Å². The molecule has 0 bridgehead atoms. The maximum absolute atomic E-state index is 11.1. The van der Waals surface area contributed by atoms with E-state index in [2.05, 4.69) is 10.3 Å². The number of hydrogen-bond donors (Lipinski definition) is 1. The SMILES string of the molecule is Cn1c(C(=O)O)cc2c1nnn2C1CCCCC1. The standard InChI is InChI=1S/C12H16N4O2/c1-15-10(12(17)18)7-9-11(15)13-14-16(9)8-5-3-2-4-6-8/h7-8H,2-6H2,1H3,(H,17,18). The third-order valence-electron chi connectivity index (χ3n) is 3.80. The van der Waals surface area contributed by atoms with Gasteiger partial charge in [0.25, 0.3) is 0 Å². The Bertz CT molecular complexity index is 593. The summed E-state index contributed by atoms with van der Waals surface area (Å²) in [6.07, 6.45) is 5.92. The van der Waals surface area contributed by atoms with Gasteiger partial charge in [0.1, 0.15) is 11.2 Å². The average Bonchev–Trinajstić information content (AvgIpc) is 2.91. The van der Waals surface area contributed by atoms with Crippen molar-refractivity contribution in [3.05, 3.63) is 11.8 Å². The second kappa shape index (κ2) is 4.12. The van der Waals surface area contributed by atoms with Crippen LogP contribution in [0.3, 0.4) is 0 Å². The summed E-state index contributed by atoms with van der Waals surface area (Å²) in [5.41, 5.74) is 1.75. The number of carboxylic acids is 1. The number of hydrogen-bond acceptors (Lipinski definition) is 3. The van der Waals surface area contributed by atoms with E-state index in [1.54, 1.807) is 17.7 Å². The van der Waals surface area contributed by atoms with Gasteiger partial charge in [0.2, 0.25) is 0 Å². The van der Waals surface area contributed by atoms with Crippen LogP contribution in [-0.2, 0) is 7.05 Å². The molecule has 6 nitrogen and oxygen atoms in total. The molecule has 0 aliphatic heterocycles. The highest BCUT2D eigenvalue weighted by Gasteiger charge is 2.22. The molecule has 1 N–H and O–H groups in total. The first-order chi connectivity index (χ1) is 8.68. The lowest BCUT2D eigenvalue weighted by atomic mass is 9.95. The molecule has 1 aliphatic carbocycles. The summed E-state index contributed by atoms with van der Waals surface area (Å²) < 4.78 is 3.49. The highest BCUT2D eigenvalue weighted by atomic mass is 16.4. The first kappa shape index (κ1) is 11.3. The fourth-order valence-corrected chi connectivity index (χ4v) is 2.80. The molecule has 2 heterocycles. The number of aromatic nitrogens is 4. The van der Waals surface area contributed by atoms with Crippen LogP contribution in [-0.4, -0.2) is 30.6 Å². The molecule has 0 radical (unpaired) electrons. The zero-order valence-corrected chi connectivity index (χ0v) is 10.3. The van der Waals surface area contributed by atoms with Gasteiger partial charge in [-0.05, 0) is 18.9 Å². The highest BCUT2D eigenvalue weighted by Crippen LogP contribution is 2.30. The zero-order chi connectivity index (χ0) is 12.7. The molecule has 1 fully saturated rings. The number of aryl methyl sites for hydroxylation is 1. The van der Waals surface area contributed by atoms with Gasteiger partial charge in [-0.25, -0.2) is 9.48 Å². The van der Waals surface area contributed by atoms with Gasteiger partial charge in [-0.3, -0.25) is 0 Å². The van der Waals surface area contributed by atoms with E-state index >= 15 is 0 Å². The average molecular weight is 248 g/mol. The Morgan fingerprint density at radius 2 is 2.11 bits per heavy atom. The largest absolute Gasteiger partial charge is 0.477 e. The van der Waals surface area contributed by atoms with Gasteiger partial charge in [0, 0.05) is 7.05 Å². The molecule has 18 heavy (non-hydrogen) atoms. The molecule has 0 atom stereocenters. The van der Waals surface area contributed by atoms with Crippen LogP contribution in [0, 0.1) is 0 Å². The van der Waals surface area contributed by atoms with Gasteiger partial charge in [-0.2, -0.15) is 0 Å². The molecule has 0 spiro atoms. The predicted molar refractivity (Wildman–Crippen MR) is 65.6 cm³/mol. The number of carboxylic acid groups (broad SMARTS) is 1. The normalized spacial score (nSPS) is 17.4. The summed E-state index contributed by atoms with van der Waals surface area (Å²) in [5.74, 6) is -0.925. The topological polar surface area (TPSA) is 72.9 Å². The van der Waals surface area contributed by atoms with Crippen molar-refractivity contribution < 1.29 is 9.90 Å². The van der Waals surface area contributed by atoms with E-state index in [4.69, 9.17) is 5.11 Å². The van der Waals surface area contributed by atoms with Crippen LogP contribution in [0.2, 0.25) is 0 Å². The lowest BCUT2D eigenvalue weighted by molar-refractivity contribution is 0.0687. The predicted octanol–water partition coefficient (Wildman–Crippen LogP) is 1.97. The number of rotatable bonds is 2. The van der Waals surface area contributed by atoms with Crippen molar-refractivity contribution in [1.82, 2.24) is 19.6 Å². The van der Waals surface area contributed by atoms with Gasteiger partial charge in [-0.1, -0.05) is 24.5 Å². The molecular formula is C12H16N4O2. The number of fused-ring (bicyclic) bond motifs is 1. The van der Waals surface area contributed by atoms with Gasteiger partial charge in [0.15, 0.2) is 5.65 Å². The van der Waals surface area contributed by atoms with Crippen molar-refractivity contribution in [2.75, 3.05) is 0 Å². The summed E-state index contributed by atoms with van der Waals surface area (Å²) >= 11 is 0. The van der Waals surface area contributed by atoms with Crippen LogP contribution < -0.4 is 0 Å². The van der Waals surface area contributed by atoms with Crippen molar-refractivity contribution in [2.24, 2.45) is 7.05 Å². The quantitative estimate of drug-likeness (QED) is 0.881. The minimum absolute atomic E-state index is 0.263. The smallest absolute Gasteiger partial charge is 0.352 e. The molecule has 0 aromatic carbocycles. The molecule has 1 saturated carbocycles. The summed E-state index contributed by atoms with van der Waals surface area (Å²) in [5, 5.41) is 17.4. The summed E-state index contributed by atoms with van der Waals surface area (Å²) in [6, 6.07) is 2.04.